The predicted molar refractivity (Wildman–Crippen MR) is 102 cm³/mol. The normalized spacial score (nSPS) is 36.1. The van der Waals surface area contributed by atoms with Crippen LogP contribution in [0.15, 0.2) is 41.5 Å². The molecule has 2 amide bonds. The van der Waals surface area contributed by atoms with E-state index in [4.69, 9.17) is 0 Å². The molecule has 1 aliphatic heterocycles. The fourth-order valence-electron chi connectivity index (χ4n) is 5.88. The monoisotopic (exact) mass is 359 g/mol. The highest BCUT2D eigenvalue weighted by Gasteiger charge is 2.67. The second-order valence-electron chi connectivity index (χ2n) is 8.46. The van der Waals surface area contributed by atoms with E-state index >= 15 is 0 Å². The number of carbonyl (C=O) groups excluding carboxylic acids is 2. The number of para-hydroxylation sites is 1. The first-order chi connectivity index (χ1) is 13.1. The number of rotatable bonds is 2. The Morgan fingerprint density at radius 1 is 1.04 bits per heavy atom. The van der Waals surface area contributed by atoms with Crippen molar-refractivity contribution in [3.8, 4) is 0 Å². The van der Waals surface area contributed by atoms with E-state index in [2.05, 4.69) is 34.0 Å². The van der Waals surface area contributed by atoms with Gasteiger partial charge in [-0.2, -0.15) is 10.1 Å². The van der Waals surface area contributed by atoms with Crippen molar-refractivity contribution in [1.29, 1.82) is 0 Å². The van der Waals surface area contributed by atoms with Gasteiger partial charge in [-0.3, -0.25) is 9.59 Å². The summed E-state index contributed by atoms with van der Waals surface area (Å²) in [5.41, 5.74) is 3.15. The number of hydrazone groups is 1. The van der Waals surface area contributed by atoms with Gasteiger partial charge in [0.15, 0.2) is 0 Å². The van der Waals surface area contributed by atoms with Gasteiger partial charge < -0.3 is 4.57 Å². The molecule has 2 heterocycles. The molecule has 2 saturated carbocycles. The van der Waals surface area contributed by atoms with Crippen LogP contribution in [0.1, 0.15) is 17.7 Å². The summed E-state index contributed by atoms with van der Waals surface area (Å²) in [4.78, 5) is 26.1. The molecule has 4 aliphatic carbocycles. The molecule has 7 rings (SSSR count). The van der Waals surface area contributed by atoms with Crippen molar-refractivity contribution < 1.29 is 9.59 Å². The Balaban J connectivity index is 1.38. The predicted octanol–water partition coefficient (Wildman–Crippen LogP) is 2.87. The number of carbonyl (C=O) groups is 2. The number of amides is 2. The van der Waals surface area contributed by atoms with Crippen LogP contribution in [0, 0.1) is 42.4 Å². The molecule has 6 atom stereocenters. The number of aryl methyl sites for hydroxylation is 1. The lowest BCUT2D eigenvalue weighted by atomic mass is 9.63. The highest BCUT2D eigenvalue weighted by Crippen LogP contribution is 2.65. The third kappa shape index (κ3) is 1.82. The van der Waals surface area contributed by atoms with E-state index < -0.39 is 0 Å². The lowest BCUT2D eigenvalue weighted by molar-refractivity contribution is -0.140. The van der Waals surface area contributed by atoms with Crippen LogP contribution in [0.3, 0.4) is 0 Å². The van der Waals surface area contributed by atoms with Gasteiger partial charge >= 0.3 is 0 Å². The lowest BCUT2D eigenvalue weighted by Gasteiger charge is -2.37. The Hall–Kier alpha value is -2.69. The molecule has 2 bridgehead atoms. The lowest BCUT2D eigenvalue weighted by Crippen LogP contribution is -2.40. The van der Waals surface area contributed by atoms with Crippen LogP contribution in [-0.4, -0.2) is 27.6 Å². The van der Waals surface area contributed by atoms with Crippen LogP contribution < -0.4 is 0 Å². The Kier molecular flexibility index (Phi) is 2.83. The maximum atomic E-state index is 13.0. The van der Waals surface area contributed by atoms with Crippen LogP contribution in [0.4, 0.5) is 0 Å². The fraction of sp³-hybridized carbons (Fsp3) is 0.409. The number of aromatic nitrogens is 1. The largest absolute Gasteiger partial charge is 0.347 e. The number of imide groups is 1. The van der Waals surface area contributed by atoms with E-state index in [0.29, 0.717) is 11.8 Å². The van der Waals surface area contributed by atoms with E-state index in [1.54, 1.807) is 6.21 Å². The second-order valence-corrected chi connectivity index (χ2v) is 8.46. The van der Waals surface area contributed by atoms with E-state index in [9.17, 15) is 9.59 Å². The molecule has 1 aromatic carbocycles. The topological polar surface area (TPSA) is 54.7 Å². The van der Waals surface area contributed by atoms with Gasteiger partial charge in [-0.1, -0.05) is 30.4 Å². The first kappa shape index (κ1) is 15.4. The van der Waals surface area contributed by atoms with Gasteiger partial charge in [0.1, 0.15) is 0 Å². The van der Waals surface area contributed by atoms with Crippen molar-refractivity contribution in [2.24, 2.45) is 47.7 Å². The number of benzene rings is 1. The van der Waals surface area contributed by atoms with Crippen LogP contribution >= 0.6 is 0 Å². The summed E-state index contributed by atoms with van der Waals surface area (Å²) in [7, 11) is 2.02. The zero-order valence-corrected chi connectivity index (χ0v) is 15.4. The minimum absolute atomic E-state index is 0.108. The third-order valence-electron chi connectivity index (χ3n) is 7.39. The molecule has 5 heteroatoms. The van der Waals surface area contributed by atoms with Crippen molar-refractivity contribution in [3.05, 3.63) is 47.7 Å². The van der Waals surface area contributed by atoms with Crippen LogP contribution in [-0.2, 0) is 16.6 Å². The quantitative estimate of drug-likeness (QED) is 0.470. The smallest absolute Gasteiger partial charge is 0.254 e. The summed E-state index contributed by atoms with van der Waals surface area (Å²) in [6, 6.07) is 8.12. The highest BCUT2D eigenvalue weighted by molar-refractivity contribution is 6.08. The van der Waals surface area contributed by atoms with E-state index in [1.165, 1.54) is 6.42 Å². The van der Waals surface area contributed by atoms with Crippen molar-refractivity contribution in [3.63, 3.8) is 0 Å². The number of nitrogens with zero attached hydrogens (tertiary/aromatic N) is 3. The number of hydrogen-bond acceptors (Lipinski definition) is 3. The van der Waals surface area contributed by atoms with E-state index in [0.717, 1.165) is 27.2 Å². The summed E-state index contributed by atoms with van der Waals surface area (Å²) in [5.74, 6) is 1.10. The van der Waals surface area contributed by atoms with Gasteiger partial charge in [0.2, 0.25) is 0 Å². The van der Waals surface area contributed by atoms with Gasteiger partial charge in [0.05, 0.1) is 18.1 Å². The molecule has 0 unspecified atom stereocenters. The number of allylic oxidation sites excluding steroid dienone is 2. The molecule has 5 aliphatic rings. The molecule has 0 N–H and O–H groups in total. The average molecular weight is 359 g/mol. The molecule has 1 saturated heterocycles. The molecule has 0 radical (unpaired) electrons. The van der Waals surface area contributed by atoms with Crippen LogP contribution in [0.2, 0.25) is 0 Å². The Labute approximate surface area is 157 Å². The van der Waals surface area contributed by atoms with Gasteiger partial charge in [-0.15, -0.1) is 0 Å². The van der Waals surface area contributed by atoms with Gasteiger partial charge in [0.25, 0.3) is 11.8 Å². The Morgan fingerprint density at radius 3 is 2.33 bits per heavy atom. The fourth-order valence-corrected chi connectivity index (χ4v) is 5.88. The first-order valence-electron chi connectivity index (χ1n) is 9.72. The standard InChI is InChI=1S/C22H21N3O2/c1-11-17(12-5-3-4-6-18(12)24(11)2)10-23-25-21(26)19-13-7-8-14(16-9-15(13)16)20(19)22(25)27/h3-8,10,13-16,19-20H,9H2,1-2H3/b23-10-/t13-,14-,15-,16-,19+,20+/m1/s1. The van der Waals surface area contributed by atoms with Gasteiger partial charge in [-0.05, 0) is 43.1 Å². The van der Waals surface area contributed by atoms with Crippen molar-refractivity contribution in [2.75, 3.05) is 0 Å². The highest BCUT2D eigenvalue weighted by atomic mass is 16.2. The molecule has 27 heavy (non-hydrogen) atoms. The average Bonchev–Trinajstić information content (AvgIpc) is 3.43. The van der Waals surface area contributed by atoms with Crippen LogP contribution in [0.5, 0.6) is 0 Å². The second kappa shape index (κ2) is 4.97. The first-order valence-corrected chi connectivity index (χ1v) is 9.72. The van der Waals surface area contributed by atoms with Crippen molar-refractivity contribution >= 4 is 28.9 Å². The molecule has 3 fully saturated rings. The molecular weight excluding hydrogens is 338 g/mol. The van der Waals surface area contributed by atoms with Gasteiger partial charge in [-0.25, -0.2) is 0 Å². The van der Waals surface area contributed by atoms with Crippen LogP contribution in [0.25, 0.3) is 10.9 Å². The maximum absolute atomic E-state index is 13.0. The number of hydrogen-bond donors (Lipinski definition) is 0. The molecule has 1 aromatic heterocycles. The Morgan fingerprint density at radius 2 is 1.67 bits per heavy atom. The molecular formula is C22H21N3O2. The molecule has 2 aromatic rings. The number of fused-ring (bicyclic) bond motifs is 1. The van der Waals surface area contributed by atoms with Crippen molar-refractivity contribution in [1.82, 2.24) is 9.58 Å². The summed E-state index contributed by atoms with van der Waals surface area (Å²) in [6.07, 6.45) is 7.25. The summed E-state index contributed by atoms with van der Waals surface area (Å²) < 4.78 is 2.11. The molecule has 136 valence electrons. The zero-order chi connectivity index (χ0) is 18.4. The molecule has 0 spiro atoms. The Bertz CT molecular complexity index is 1040. The van der Waals surface area contributed by atoms with E-state index in [1.807, 2.05) is 26.1 Å². The third-order valence-corrected chi connectivity index (χ3v) is 7.39. The summed E-state index contributed by atoms with van der Waals surface area (Å²) in [6.45, 7) is 2.03. The summed E-state index contributed by atoms with van der Waals surface area (Å²) >= 11 is 0. The van der Waals surface area contributed by atoms with E-state index in [-0.39, 0.29) is 35.5 Å². The minimum Gasteiger partial charge on any atom is -0.347 e. The van der Waals surface area contributed by atoms with Gasteiger partial charge in [0, 0.05) is 29.2 Å². The maximum Gasteiger partial charge on any atom is 0.254 e. The summed E-state index contributed by atoms with van der Waals surface area (Å²) in [5, 5.41) is 6.65. The molecule has 5 nitrogen and oxygen atoms in total. The minimum atomic E-state index is -0.193. The SMILES string of the molecule is Cc1c(/C=N\N2C(=O)[C@H]3[C@@H]4C=C[C@H]([C@H]5C[C@H]45)[C@@H]3C2=O)c2ccccc2n1C. The van der Waals surface area contributed by atoms with Crippen molar-refractivity contribution in [2.45, 2.75) is 13.3 Å². The zero-order valence-electron chi connectivity index (χ0n) is 15.4.